The fourth-order valence-electron chi connectivity index (χ4n) is 0.769. The summed E-state index contributed by atoms with van der Waals surface area (Å²) in [6.45, 7) is 0. The summed E-state index contributed by atoms with van der Waals surface area (Å²) in [6, 6.07) is 4.26. The summed E-state index contributed by atoms with van der Waals surface area (Å²) in [6.07, 6.45) is 0. The first-order valence-corrected chi connectivity index (χ1v) is 4.66. The van der Waals surface area contributed by atoms with Crippen molar-refractivity contribution in [3.05, 3.63) is 29.8 Å². The molecule has 0 aliphatic heterocycles. The predicted octanol–water partition coefficient (Wildman–Crippen LogP) is -2.25. The van der Waals surface area contributed by atoms with Crippen LogP contribution in [0.2, 0.25) is 0 Å². The molecular formula is C7H7NaO5S. The summed E-state index contributed by atoms with van der Waals surface area (Å²) in [5, 5.41) is 8.47. The zero-order valence-corrected chi connectivity index (χ0v) is 10.2. The standard InChI is InChI=1S/C7H6O5S.Na.H/c8-7(9)5-1-3-6(4-2-5)13(10,11)12;;/h1-4H,(H,8,9)(H,10,11,12);;/q;+1;-1. The zero-order valence-electron chi connectivity index (χ0n) is 8.34. The fraction of sp³-hybridized carbons (Fsp3) is 0. The van der Waals surface area contributed by atoms with Crippen molar-refractivity contribution < 1.29 is 53.9 Å². The van der Waals surface area contributed by atoms with Crippen LogP contribution in [0, 0.1) is 0 Å². The van der Waals surface area contributed by atoms with E-state index in [1.54, 1.807) is 0 Å². The molecule has 1 aromatic rings. The number of benzene rings is 1. The van der Waals surface area contributed by atoms with Crippen LogP contribution in [0.5, 0.6) is 0 Å². The van der Waals surface area contributed by atoms with E-state index in [1.165, 1.54) is 0 Å². The second kappa shape index (κ2) is 4.90. The summed E-state index contributed by atoms with van der Waals surface area (Å²) >= 11 is 0. The van der Waals surface area contributed by atoms with Crippen LogP contribution in [-0.4, -0.2) is 24.0 Å². The quantitative estimate of drug-likeness (QED) is 0.439. The smallest absolute Gasteiger partial charge is 1.00 e. The van der Waals surface area contributed by atoms with Gasteiger partial charge in [-0.05, 0) is 24.3 Å². The van der Waals surface area contributed by atoms with Crippen LogP contribution in [-0.2, 0) is 10.1 Å². The average Bonchev–Trinajstić information content (AvgIpc) is 2.03. The van der Waals surface area contributed by atoms with E-state index in [9.17, 15) is 13.2 Å². The van der Waals surface area contributed by atoms with Crippen molar-refractivity contribution in [1.82, 2.24) is 0 Å². The molecule has 1 aromatic carbocycles. The predicted molar refractivity (Wildman–Crippen MR) is 44.3 cm³/mol. The minimum atomic E-state index is -4.24. The number of rotatable bonds is 2. The molecule has 7 heteroatoms. The van der Waals surface area contributed by atoms with E-state index in [2.05, 4.69) is 0 Å². The molecule has 0 heterocycles. The van der Waals surface area contributed by atoms with Crippen LogP contribution in [0.15, 0.2) is 29.2 Å². The summed E-state index contributed by atoms with van der Waals surface area (Å²) in [7, 11) is -4.24. The maximum absolute atomic E-state index is 10.5. The Morgan fingerprint density at radius 1 is 1.21 bits per heavy atom. The Labute approximate surface area is 104 Å². The number of aromatic carboxylic acids is 1. The summed E-state index contributed by atoms with van der Waals surface area (Å²) < 4.78 is 29.6. The number of hydrogen-bond donors (Lipinski definition) is 2. The minimum Gasteiger partial charge on any atom is -1.00 e. The van der Waals surface area contributed by atoms with Crippen molar-refractivity contribution in [2.24, 2.45) is 0 Å². The van der Waals surface area contributed by atoms with Crippen molar-refractivity contribution in [3.63, 3.8) is 0 Å². The molecule has 72 valence electrons. The van der Waals surface area contributed by atoms with Gasteiger partial charge in [0.1, 0.15) is 0 Å². The number of carboxylic acid groups (broad SMARTS) is 1. The van der Waals surface area contributed by atoms with Crippen LogP contribution in [0.3, 0.4) is 0 Å². The van der Waals surface area contributed by atoms with Gasteiger partial charge in [0.15, 0.2) is 0 Å². The zero-order chi connectivity index (χ0) is 10.1. The first-order valence-electron chi connectivity index (χ1n) is 3.22. The fourth-order valence-corrected chi connectivity index (χ4v) is 1.25. The minimum absolute atomic E-state index is 0. The Balaban J connectivity index is 0. The number of carboxylic acids is 1. The Morgan fingerprint density at radius 2 is 1.64 bits per heavy atom. The molecule has 0 aliphatic rings. The summed E-state index contributed by atoms with van der Waals surface area (Å²) in [5.41, 5.74) is -0.0348. The summed E-state index contributed by atoms with van der Waals surface area (Å²) in [5.74, 6) is -1.15. The van der Waals surface area contributed by atoms with E-state index in [0.29, 0.717) is 0 Å². The van der Waals surface area contributed by atoms with Gasteiger partial charge in [0.25, 0.3) is 10.1 Å². The third kappa shape index (κ3) is 3.39. The van der Waals surface area contributed by atoms with Crippen molar-refractivity contribution in [2.75, 3.05) is 0 Å². The average molecular weight is 226 g/mol. The van der Waals surface area contributed by atoms with Gasteiger partial charge in [-0.1, -0.05) is 0 Å². The Kier molecular flexibility index (Phi) is 4.76. The molecule has 0 unspecified atom stereocenters. The maximum atomic E-state index is 10.5. The molecule has 0 bridgehead atoms. The molecule has 1 rings (SSSR count). The SMILES string of the molecule is O=C(O)c1ccc(S(=O)(=O)O)cc1.[H-].[Na+]. The van der Waals surface area contributed by atoms with Gasteiger partial charge < -0.3 is 6.53 Å². The third-order valence-electron chi connectivity index (χ3n) is 1.40. The Hall–Kier alpha value is -0.400. The molecule has 2 N–H and O–H groups in total. The van der Waals surface area contributed by atoms with Crippen LogP contribution in [0.1, 0.15) is 11.8 Å². The monoisotopic (exact) mass is 226 g/mol. The molecule has 14 heavy (non-hydrogen) atoms. The van der Waals surface area contributed by atoms with Gasteiger partial charge in [0.2, 0.25) is 0 Å². The first kappa shape index (κ1) is 13.6. The van der Waals surface area contributed by atoms with Crippen LogP contribution in [0.4, 0.5) is 0 Å². The van der Waals surface area contributed by atoms with E-state index in [4.69, 9.17) is 9.66 Å². The van der Waals surface area contributed by atoms with Gasteiger partial charge in [-0.15, -0.1) is 0 Å². The van der Waals surface area contributed by atoms with Gasteiger partial charge >= 0.3 is 35.5 Å². The maximum Gasteiger partial charge on any atom is 1.00 e. The van der Waals surface area contributed by atoms with Crippen molar-refractivity contribution in [3.8, 4) is 0 Å². The molecular weight excluding hydrogens is 219 g/mol. The van der Waals surface area contributed by atoms with Crippen LogP contribution < -0.4 is 29.6 Å². The van der Waals surface area contributed by atoms with E-state index in [1.807, 2.05) is 0 Å². The molecule has 0 saturated carbocycles. The number of carbonyl (C=O) groups is 1. The van der Waals surface area contributed by atoms with Crippen molar-refractivity contribution >= 4 is 16.1 Å². The first-order chi connectivity index (χ1) is 5.91. The molecule has 0 atom stereocenters. The molecule has 0 aliphatic carbocycles. The van der Waals surface area contributed by atoms with Crippen molar-refractivity contribution in [1.29, 1.82) is 0 Å². The summed E-state index contributed by atoms with van der Waals surface area (Å²) in [4.78, 5) is 10.0. The molecule has 0 aromatic heterocycles. The molecule has 0 spiro atoms. The van der Waals surface area contributed by atoms with Gasteiger partial charge in [-0.2, -0.15) is 8.42 Å². The van der Waals surface area contributed by atoms with E-state index in [0.717, 1.165) is 24.3 Å². The molecule has 0 amide bonds. The van der Waals surface area contributed by atoms with Crippen molar-refractivity contribution in [2.45, 2.75) is 4.90 Å². The second-order valence-corrected chi connectivity index (χ2v) is 3.73. The Morgan fingerprint density at radius 3 is 1.93 bits per heavy atom. The van der Waals surface area contributed by atoms with Gasteiger partial charge in [0.05, 0.1) is 10.5 Å². The van der Waals surface area contributed by atoms with Gasteiger partial charge in [-0.25, -0.2) is 4.79 Å². The largest absolute Gasteiger partial charge is 1.00 e. The molecule has 0 fully saturated rings. The molecule has 0 radical (unpaired) electrons. The number of hydrogen-bond acceptors (Lipinski definition) is 3. The normalized spacial score (nSPS) is 10.4. The van der Waals surface area contributed by atoms with Crippen LogP contribution in [0.25, 0.3) is 0 Å². The van der Waals surface area contributed by atoms with E-state index in [-0.39, 0.29) is 41.4 Å². The molecule has 5 nitrogen and oxygen atoms in total. The van der Waals surface area contributed by atoms with Gasteiger partial charge in [0, 0.05) is 0 Å². The molecule has 0 saturated heterocycles. The van der Waals surface area contributed by atoms with E-state index >= 15 is 0 Å². The third-order valence-corrected chi connectivity index (χ3v) is 2.27. The van der Waals surface area contributed by atoms with Gasteiger partial charge in [-0.3, -0.25) is 4.55 Å². The Bertz CT molecular complexity index is 427. The topological polar surface area (TPSA) is 91.7 Å². The van der Waals surface area contributed by atoms with E-state index < -0.39 is 16.1 Å². The second-order valence-electron chi connectivity index (χ2n) is 2.30. The van der Waals surface area contributed by atoms with Crippen LogP contribution >= 0.6 is 0 Å².